The Morgan fingerprint density at radius 3 is 2.20 bits per heavy atom. The zero-order chi connectivity index (χ0) is 18.4. The molecule has 1 aliphatic rings. The number of nitrogens with one attached hydrogen (secondary N) is 1. The van der Waals surface area contributed by atoms with Crippen molar-refractivity contribution in [2.24, 2.45) is 5.92 Å². The van der Waals surface area contributed by atoms with E-state index in [-0.39, 0.29) is 17.9 Å². The molecule has 1 aliphatic heterocycles. The number of hydrogen-bond donors (Lipinski definition) is 1. The molecule has 1 fully saturated rings. The highest BCUT2D eigenvalue weighted by molar-refractivity contribution is 5.99. The summed E-state index contributed by atoms with van der Waals surface area (Å²) in [7, 11) is 3.09. The molecule has 1 aromatic rings. The van der Waals surface area contributed by atoms with Crippen molar-refractivity contribution >= 4 is 11.8 Å². The molecule has 0 radical (unpaired) electrons. The molecule has 0 atom stereocenters. The molecular formula is C19H28N2O4. The highest BCUT2D eigenvalue weighted by Gasteiger charge is 2.28. The topological polar surface area (TPSA) is 67.9 Å². The van der Waals surface area contributed by atoms with E-state index in [1.807, 2.05) is 13.8 Å². The van der Waals surface area contributed by atoms with E-state index in [2.05, 4.69) is 5.32 Å². The Kier molecular flexibility index (Phi) is 6.67. The number of hydrogen-bond acceptors (Lipinski definition) is 4. The number of carbonyl (C=O) groups excluding carboxylic acids is 2. The van der Waals surface area contributed by atoms with E-state index < -0.39 is 0 Å². The Hall–Kier alpha value is -2.24. The number of nitrogens with zero attached hydrogens (tertiary/aromatic N) is 1. The molecule has 1 saturated heterocycles. The standard InChI is InChI=1S/C19H28N2O4/c1-13(2)12-17(22)20-14-8-10-21(11-9-14)19(23)18-15(24-3)6-5-7-16(18)25-4/h5-7,13-14H,8-12H2,1-4H3,(H,20,22). The third-order valence-corrected chi connectivity index (χ3v) is 4.38. The molecule has 1 aromatic carbocycles. The Morgan fingerprint density at radius 1 is 1.16 bits per heavy atom. The van der Waals surface area contributed by atoms with E-state index in [1.165, 1.54) is 0 Å². The molecule has 6 heteroatoms. The third-order valence-electron chi connectivity index (χ3n) is 4.38. The molecule has 0 saturated carbocycles. The summed E-state index contributed by atoms with van der Waals surface area (Å²) < 4.78 is 10.7. The van der Waals surface area contributed by atoms with Crippen molar-refractivity contribution in [3.05, 3.63) is 23.8 Å². The summed E-state index contributed by atoms with van der Waals surface area (Å²) in [5, 5.41) is 3.07. The summed E-state index contributed by atoms with van der Waals surface area (Å²) in [6.07, 6.45) is 2.05. The lowest BCUT2D eigenvalue weighted by atomic mass is 10.0. The molecule has 1 N–H and O–H groups in total. The Bertz CT molecular complexity index is 585. The van der Waals surface area contributed by atoms with Crippen LogP contribution in [0.1, 0.15) is 43.5 Å². The molecule has 0 spiro atoms. The number of piperidine rings is 1. The first kappa shape index (κ1) is 19.1. The first-order valence-corrected chi connectivity index (χ1v) is 8.75. The molecule has 138 valence electrons. The van der Waals surface area contributed by atoms with Crippen LogP contribution in [0.15, 0.2) is 18.2 Å². The molecule has 25 heavy (non-hydrogen) atoms. The minimum atomic E-state index is -0.0961. The van der Waals surface area contributed by atoms with Crippen LogP contribution < -0.4 is 14.8 Å². The lowest BCUT2D eigenvalue weighted by molar-refractivity contribution is -0.122. The van der Waals surface area contributed by atoms with Gasteiger partial charge in [-0.15, -0.1) is 0 Å². The second kappa shape index (κ2) is 8.74. The van der Waals surface area contributed by atoms with Crippen LogP contribution in [0.25, 0.3) is 0 Å². The van der Waals surface area contributed by atoms with Crippen LogP contribution in [-0.2, 0) is 4.79 Å². The van der Waals surface area contributed by atoms with Gasteiger partial charge in [-0.2, -0.15) is 0 Å². The van der Waals surface area contributed by atoms with Crippen LogP contribution in [0, 0.1) is 5.92 Å². The van der Waals surface area contributed by atoms with Gasteiger partial charge in [0.15, 0.2) is 0 Å². The van der Waals surface area contributed by atoms with E-state index in [1.54, 1.807) is 37.3 Å². The number of ether oxygens (including phenoxy) is 2. The van der Waals surface area contributed by atoms with Gasteiger partial charge in [0.05, 0.1) is 14.2 Å². The van der Waals surface area contributed by atoms with E-state index >= 15 is 0 Å². The average Bonchev–Trinajstić information content (AvgIpc) is 2.60. The summed E-state index contributed by atoms with van der Waals surface area (Å²) in [5.74, 6) is 1.36. The lowest BCUT2D eigenvalue weighted by Gasteiger charge is -2.33. The summed E-state index contributed by atoms with van der Waals surface area (Å²) in [6, 6.07) is 5.45. The minimum Gasteiger partial charge on any atom is -0.496 e. The van der Waals surface area contributed by atoms with Crippen LogP contribution in [0.4, 0.5) is 0 Å². The van der Waals surface area contributed by atoms with Crippen LogP contribution in [0.2, 0.25) is 0 Å². The van der Waals surface area contributed by atoms with Gasteiger partial charge in [-0.25, -0.2) is 0 Å². The maximum absolute atomic E-state index is 12.9. The second-order valence-corrected chi connectivity index (χ2v) is 6.77. The third kappa shape index (κ3) is 4.87. The van der Waals surface area contributed by atoms with Gasteiger partial charge in [0.25, 0.3) is 5.91 Å². The first-order chi connectivity index (χ1) is 12.0. The van der Waals surface area contributed by atoms with Gasteiger partial charge in [-0.3, -0.25) is 9.59 Å². The normalized spacial score (nSPS) is 15.2. The quantitative estimate of drug-likeness (QED) is 0.857. The average molecular weight is 348 g/mol. The van der Waals surface area contributed by atoms with Crippen molar-refractivity contribution in [3.63, 3.8) is 0 Å². The van der Waals surface area contributed by atoms with Crippen molar-refractivity contribution in [2.75, 3.05) is 27.3 Å². The predicted octanol–water partition coefficient (Wildman–Crippen LogP) is 2.47. The van der Waals surface area contributed by atoms with Gasteiger partial charge < -0.3 is 19.7 Å². The van der Waals surface area contributed by atoms with Gasteiger partial charge >= 0.3 is 0 Å². The molecule has 0 unspecified atom stereocenters. The van der Waals surface area contributed by atoms with Crippen molar-refractivity contribution in [1.82, 2.24) is 10.2 Å². The summed E-state index contributed by atoms with van der Waals surface area (Å²) >= 11 is 0. The Labute approximate surface area is 149 Å². The first-order valence-electron chi connectivity index (χ1n) is 8.75. The molecule has 0 aliphatic carbocycles. The van der Waals surface area contributed by atoms with Gasteiger partial charge in [0.1, 0.15) is 17.1 Å². The zero-order valence-corrected chi connectivity index (χ0v) is 15.5. The van der Waals surface area contributed by atoms with Gasteiger partial charge in [-0.1, -0.05) is 19.9 Å². The number of amides is 2. The monoisotopic (exact) mass is 348 g/mol. The molecule has 2 amide bonds. The zero-order valence-electron chi connectivity index (χ0n) is 15.5. The SMILES string of the molecule is COc1cccc(OC)c1C(=O)N1CCC(NC(=O)CC(C)C)CC1. The largest absolute Gasteiger partial charge is 0.496 e. The fourth-order valence-electron chi connectivity index (χ4n) is 3.10. The van der Waals surface area contributed by atoms with Crippen molar-refractivity contribution in [3.8, 4) is 11.5 Å². The van der Waals surface area contributed by atoms with E-state index in [0.29, 0.717) is 42.5 Å². The lowest BCUT2D eigenvalue weighted by Crippen LogP contribution is -2.46. The van der Waals surface area contributed by atoms with E-state index in [4.69, 9.17) is 9.47 Å². The van der Waals surface area contributed by atoms with Crippen molar-refractivity contribution in [2.45, 2.75) is 39.2 Å². The maximum Gasteiger partial charge on any atom is 0.261 e. The maximum atomic E-state index is 12.9. The number of likely N-dealkylation sites (tertiary alicyclic amines) is 1. The summed E-state index contributed by atoms with van der Waals surface area (Å²) in [5.41, 5.74) is 0.454. The molecule has 1 heterocycles. The fourth-order valence-corrected chi connectivity index (χ4v) is 3.10. The van der Waals surface area contributed by atoms with E-state index in [9.17, 15) is 9.59 Å². The van der Waals surface area contributed by atoms with Crippen LogP contribution >= 0.6 is 0 Å². The van der Waals surface area contributed by atoms with Gasteiger partial charge in [0, 0.05) is 25.6 Å². The highest BCUT2D eigenvalue weighted by Crippen LogP contribution is 2.30. The van der Waals surface area contributed by atoms with Crippen LogP contribution in [0.5, 0.6) is 11.5 Å². The van der Waals surface area contributed by atoms with Gasteiger partial charge in [0.2, 0.25) is 5.91 Å². The summed E-state index contributed by atoms with van der Waals surface area (Å²) in [6.45, 7) is 5.27. The Morgan fingerprint density at radius 2 is 1.72 bits per heavy atom. The summed E-state index contributed by atoms with van der Waals surface area (Å²) in [4.78, 5) is 26.6. The number of rotatable bonds is 6. The molecular weight excluding hydrogens is 320 g/mol. The van der Waals surface area contributed by atoms with Crippen LogP contribution in [0.3, 0.4) is 0 Å². The second-order valence-electron chi connectivity index (χ2n) is 6.77. The number of carbonyl (C=O) groups is 2. The predicted molar refractivity (Wildman–Crippen MR) is 96.1 cm³/mol. The van der Waals surface area contributed by atoms with Crippen molar-refractivity contribution in [1.29, 1.82) is 0 Å². The minimum absolute atomic E-state index is 0.0891. The fraction of sp³-hybridized carbons (Fsp3) is 0.579. The molecule has 6 nitrogen and oxygen atoms in total. The van der Waals surface area contributed by atoms with Gasteiger partial charge in [-0.05, 0) is 30.9 Å². The van der Waals surface area contributed by atoms with E-state index in [0.717, 1.165) is 12.8 Å². The smallest absolute Gasteiger partial charge is 0.261 e. The molecule has 0 aromatic heterocycles. The van der Waals surface area contributed by atoms with Crippen LogP contribution in [-0.4, -0.2) is 50.1 Å². The highest BCUT2D eigenvalue weighted by atomic mass is 16.5. The molecule has 0 bridgehead atoms. The van der Waals surface area contributed by atoms with Crippen molar-refractivity contribution < 1.29 is 19.1 Å². The number of benzene rings is 1. The Balaban J connectivity index is 1.99. The molecule has 2 rings (SSSR count). The number of methoxy groups -OCH3 is 2.